The quantitative estimate of drug-likeness (QED) is 0.0797. The lowest BCUT2D eigenvalue weighted by atomic mass is 9.80. The number of rotatable bonds is 9. The number of hydrogen-bond acceptors (Lipinski definition) is 9. The van der Waals surface area contributed by atoms with Gasteiger partial charge in [0.05, 0.1) is 109 Å². The van der Waals surface area contributed by atoms with Crippen molar-refractivity contribution in [3.8, 4) is 68.3 Å². The van der Waals surface area contributed by atoms with Gasteiger partial charge in [-0.3, -0.25) is 0 Å². The number of halogens is 9. The molecule has 0 aliphatic heterocycles. The predicted octanol–water partition coefficient (Wildman–Crippen LogP) is 13.2. The molecule has 0 radical (unpaired) electrons. The molecule has 9 nitrogen and oxygen atoms in total. The third-order valence-electron chi connectivity index (χ3n) is 12.0. The van der Waals surface area contributed by atoms with Crippen LogP contribution < -0.4 is 28.4 Å². The van der Waals surface area contributed by atoms with Crippen LogP contribution in [0.15, 0.2) is 72.8 Å². The molecular formula is C48H30F9N3O6. The predicted molar refractivity (Wildman–Crippen MR) is 229 cm³/mol. The standard InChI is InChI=1S/C48H30F9N3O6/c1-61-40-25(19-7-13-22(14-8-19)46(49,50)51)37-31-28-32-30-33-29(31)35(44(58-37)65-5)42(63-3)27(21-11-17-24(18-12-21)48(55,56)57)39(33)60-45(66-6)36(30)41(62-2)26(38(32)59-43(64-4)34(28)40)20-9-15-23(16-10-20)47(52,53)54/h7-18H,1-6H3. The van der Waals surface area contributed by atoms with Crippen LogP contribution in [0.5, 0.6) is 34.9 Å². The molecule has 0 saturated heterocycles. The molecule has 3 heterocycles. The first-order chi connectivity index (χ1) is 31.4. The van der Waals surface area contributed by atoms with Crippen molar-refractivity contribution in [2.75, 3.05) is 42.7 Å². The Labute approximate surface area is 366 Å². The maximum atomic E-state index is 13.9. The second-order valence-electron chi connectivity index (χ2n) is 15.2. The first-order valence-corrected chi connectivity index (χ1v) is 19.7. The van der Waals surface area contributed by atoms with Crippen LogP contribution in [0.4, 0.5) is 39.5 Å². The largest absolute Gasteiger partial charge is 0.495 e. The molecule has 3 aromatic heterocycles. The number of pyridine rings is 3. The highest BCUT2D eigenvalue weighted by molar-refractivity contribution is 6.49. The van der Waals surface area contributed by atoms with Crippen LogP contribution in [0.1, 0.15) is 16.7 Å². The lowest BCUT2D eigenvalue weighted by molar-refractivity contribution is -0.138. The SMILES string of the molecule is COc1nc2c(-c3ccc(C(F)(F)F)cc3)c(OC)c3c(OC)nc4c(-c5ccc(C(F)(F)F)cc5)c(OC)c5c(OC)nc6c(-c7ccc(C(F)(F)F)cc7)c(OC)c1c1c6c5c4c3c21. The fraction of sp³-hybridized carbons (Fsp3) is 0.188. The molecule has 0 unspecified atom stereocenters. The zero-order valence-corrected chi connectivity index (χ0v) is 35.1. The summed E-state index contributed by atoms with van der Waals surface area (Å²) >= 11 is 0. The van der Waals surface area contributed by atoms with Gasteiger partial charge in [0, 0.05) is 32.3 Å². The van der Waals surface area contributed by atoms with Gasteiger partial charge in [0.1, 0.15) is 17.2 Å². The molecule has 66 heavy (non-hydrogen) atoms. The summed E-state index contributed by atoms with van der Waals surface area (Å²) in [7, 11) is 8.11. The van der Waals surface area contributed by atoms with E-state index in [9.17, 15) is 39.5 Å². The molecule has 336 valence electrons. The third kappa shape index (κ3) is 5.85. The molecule has 0 amide bonds. The average Bonchev–Trinajstić information content (AvgIpc) is 3.30. The number of ether oxygens (including phenoxy) is 6. The van der Waals surface area contributed by atoms with E-state index in [-0.39, 0.29) is 101 Å². The highest BCUT2D eigenvalue weighted by atomic mass is 19.4. The maximum absolute atomic E-state index is 13.9. The fourth-order valence-electron chi connectivity index (χ4n) is 9.38. The molecule has 0 fully saturated rings. The number of alkyl halides is 9. The Hall–Kier alpha value is -7.50. The Morgan fingerprint density at radius 2 is 0.530 bits per heavy atom. The molecule has 0 spiro atoms. The van der Waals surface area contributed by atoms with Crippen LogP contribution >= 0.6 is 0 Å². The first-order valence-electron chi connectivity index (χ1n) is 19.7. The van der Waals surface area contributed by atoms with E-state index in [2.05, 4.69) is 0 Å². The molecule has 10 aromatic rings. The van der Waals surface area contributed by atoms with Crippen molar-refractivity contribution < 1.29 is 67.9 Å². The summed E-state index contributed by atoms with van der Waals surface area (Å²) in [4.78, 5) is 15.1. The van der Waals surface area contributed by atoms with E-state index in [4.69, 9.17) is 43.4 Å². The summed E-state index contributed by atoms with van der Waals surface area (Å²) in [6.45, 7) is 0. The van der Waals surface area contributed by atoms with E-state index >= 15 is 0 Å². The van der Waals surface area contributed by atoms with Crippen molar-refractivity contribution in [3.05, 3.63) is 89.5 Å². The molecule has 0 atom stereocenters. The molecule has 10 rings (SSSR count). The van der Waals surface area contributed by atoms with Crippen molar-refractivity contribution in [1.82, 2.24) is 15.0 Å². The summed E-state index contributed by atoms with van der Waals surface area (Å²) in [5, 5.41) is 3.02. The Kier molecular flexibility index (Phi) is 9.33. The molecule has 7 aromatic carbocycles. The van der Waals surface area contributed by atoms with E-state index in [0.29, 0.717) is 32.3 Å². The molecule has 0 aliphatic rings. The van der Waals surface area contributed by atoms with Crippen molar-refractivity contribution in [1.29, 1.82) is 0 Å². The monoisotopic (exact) mass is 915 g/mol. The van der Waals surface area contributed by atoms with Crippen LogP contribution in [-0.4, -0.2) is 57.6 Å². The van der Waals surface area contributed by atoms with E-state index < -0.39 is 35.2 Å². The van der Waals surface area contributed by atoms with Crippen molar-refractivity contribution in [2.45, 2.75) is 18.5 Å². The highest BCUT2D eigenvalue weighted by Crippen LogP contribution is 2.62. The van der Waals surface area contributed by atoms with Gasteiger partial charge in [-0.15, -0.1) is 0 Å². The number of benzene rings is 7. The highest BCUT2D eigenvalue weighted by Gasteiger charge is 2.39. The summed E-state index contributed by atoms with van der Waals surface area (Å²) in [5.74, 6) is 0.135. The minimum atomic E-state index is -4.67. The van der Waals surface area contributed by atoms with Gasteiger partial charge in [-0.2, -0.15) is 39.5 Å². The Morgan fingerprint density at radius 3 is 0.712 bits per heavy atom. The van der Waals surface area contributed by atoms with Gasteiger partial charge in [-0.1, -0.05) is 36.4 Å². The van der Waals surface area contributed by atoms with Crippen LogP contribution in [0.2, 0.25) is 0 Å². The molecule has 0 N–H and O–H groups in total. The van der Waals surface area contributed by atoms with E-state index in [1.807, 2.05) is 0 Å². The van der Waals surface area contributed by atoms with Crippen LogP contribution in [0.3, 0.4) is 0 Å². The van der Waals surface area contributed by atoms with E-state index in [1.54, 1.807) is 0 Å². The smallest absolute Gasteiger partial charge is 0.416 e. The van der Waals surface area contributed by atoms with Gasteiger partial charge in [0.2, 0.25) is 17.6 Å². The van der Waals surface area contributed by atoms with Gasteiger partial charge in [-0.05, 0) is 53.1 Å². The van der Waals surface area contributed by atoms with Crippen LogP contribution in [0.25, 0.3) is 98.4 Å². The van der Waals surface area contributed by atoms with Crippen molar-refractivity contribution in [2.24, 2.45) is 0 Å². The van der Waals surface area contributed by atoms with Gasteiger partial charge in [0.25, 0.3) is 0 Å². The topological polar surface area (TPSA) is 94.1 Å². The molecule has 0 saturated carbocycles. The number of nitrogens with zero attached hydrogens (tertiary/aromatic N) is 3. The fourth-order valence-corrected chi connectivity index (χ4v) is 9.38. The second-order valence-corrected chi connectivity index (χ2v) is 15.2. The number of methoxy groups -OCH3 is 6. The summed E-state index contributed by atoms with van der Waals surface area (Å²) in [6.07, 6.45) is -14.0. The normalized spacial score (nSPS) is 12.8. The minimum Gasteiger partial charge on any atom is -0.495 e. The van der Waals surface area contributed by atoms with E-state index in [1.165, 1.54) is 79.1 Å². The van der Waals surface area contributed by atoms with Gasteiger partial charge < -0.3 is 28.4 Å². The number of aromatic nitrogens is 3. The van der Waals surface area contributed by atoms with Crippen molar-refractivity contribution >= 4 is 65.0 Å². The summed E-state index contributed by atoms with van der Waals surface area (Å²) in [5.41, 5.74) is -0.868. The molecule has 0 bridgehead atoms. The average molecular weight is 916 g/mol. The van der Waals surface area contributed by atoms with E-state index in [0.717, 1.165) is 36.4 Å². The summed E-state index contributed by atoms with van der Waals surface area (Å²) in [6, 6.07) is 13.1. The van der Waals surface area contributed by atoms with Crippen LogP contribution in [-0.2, 0) is 18.5 Å². The molecule has 18 heteroatoms. The first kappa shape index (κ1) is 42.5. The van der Waals surface area contributed by atoms with Gasteiger partial charge in [-0.25, -0.2) is 15.0 Å². The lowest BCUT2D eigenvalue weighted by Crippen LogP contribution is -2.08. The number of hydrogen-bond donors (Lipinski definition) is 0. The zero-order valence-electron chi connectivity index (χ0n) is 35.1. The van der Waals surface area contributed by atoms with Gasteiger partial charge >= 0.3 is 18.5 Å². The second kappa shape index (κ2) is 14.5. The Morgan fingerprint density at radius 1 is 0.303 bits per heavy atom. The minimum absolute atomic E-state index is 0.0444. The Balaban J connectivity index is 1.53. The Bertz CT molecular complexity index is 3140. The molecular weight excluding hydrogens is 886 g/mol. The maximum Gasteiger partial charge on any atom is 0.416 e. The molecule has 0 aliphatic carbocycles. The zero-order chi connectivity index (χ0) is 46.9. The van der Waals surface area contributed by atoms with Gasteiger partial charge in [0.15, 0.2) is 0 Å². The van der Waals surface area contributed by atoms with Crippen molar-refractivity contribution in [3.63, 3.8) is 0 Å². The third-order valence-corrected chi connectivity index (χ3v) is 12.0. The lowest BCUT2D eigenvalue weighted by Gasteiger charge is -2.28. The summed E-state index contributed by atoms with van der Waals surface area (Å²) < 4.78 is 162. The van der Waals surface area contributed by atoms with Crippen LogP contribution in [0, 0.1) is 0 Å².